The van der Waals surface area contributed by atoms with Crippen LogP contribution in [-0.4, -0.2) is 61.0 Å². The minimum atomic E-state index is -3.93. The summed E-state index contributed by atoms with van der Waals surface area (Å²) in [6.45, 7) is 1.86. The first-order valence-electron chi connectivity index (χ1n) is 15.1. The monoisotopic (exact) mass is 700 g/mol. The molecule has 244 valence electrons. The van der Waals surface area contributed by atoms with E-state index in [1.807, 2.05) is 49.5 Å². The summed E-state index contributed by atoms with van der Waals surface area (Å²) in [5, 5.41) is 10.8. The molecule has 10 nitrogen and oxygen atoms in total. The van der Waals surface area contributed by atoms with E-state index in [0.717, 1.165) is 56.2 Å². The number of likely N-dealkylation sites (N-methyl/N-ethyl adjacent to an activating group) is 1. The number of rotatable bonds is 7. The Morgan fingerprint density at radius 3 is 2.08 bits per heavy atom. The fourth-order valence-corrected chi connectivity index (χ4v) is 7.53. The van der Waals surface area contributed by atoms with E-state index in [-0.39, 0.29) is 11.8 Å². The maximum Gasteiger partial charge on any atom is 0.330 e. The van der Waals surface area contributed by atoms with Crippen LogP contribution in [-0.2, 0) is 15.0 Å². The summed E-state index contributed by atoms with van der Waals surface area (Å²) in [5.74, 6) is -0.0257. The molecule has 13 heteroatoms. The second-order valence-corrected chi connectivity index (χ2v) is 14.0. The summed E-state index contributed by atoms with van der Waals surface area (Å²) in [7, 11) is -2.10. The average molecular weight is 702 g/mol. The van der Waals surface area contributed by atoms with Crippen molar-refractivity contribution in [2.75, 3.05) is 35.9 Å². The van der Waals surface area contributed by atoms with Gasteiger partial charge in [0.2, 0.25) is 11.8 Å². The van der Waals surface area contributed by atoms with Gasteiger partial charge in [0, 0.05) is 36.4 Å². The average Bonchev–Trinajstić information content (AvgIpc) is 3.66. The third kappa shape index (κ3) is 6.19. The first-order chi connectivity index (χ1) is 23.1. The fraction of sp³-hybridized carbons (Fsp3) is 0.143. The van der Waals surface area contributed by atoms with Gasteiger partial charge in [-0.2, -0.15) is 8.42 Å². The Morgan fingerprint density at radius 1 is 0.854 bits per heavy atom. The molecule has 48 heavy (non-hydrogen) atoms. The molecule has 0 saturated carbocycles. The Kier molecular flexibility index (Phi) is 8.28. The zero-order valence-electron chi connectivity index (χ0n) is 25.6. The summed E-state index contributed by atoms with van der Waals surface area (Å²) in [4.78, 5) is 24.2. The molecule has 2 aliphatic rings. The van der Waals surface area contributed by atoms with Gasteiger partial charge < -0.3 is 19.9 Å². The summed E-state index contributed by atoms with van der Waals surface area (Å²) in [6.07, 6.45) is 2.85. The highest BCUT2D eigenvalue weighted by Crippen LogP contribution is 2.36. The summed E-state index contributed by atoms with van der Waals surface area (Å²) in [6, 6.07) is 28.7. The standard InChI is InChI=1S/C35H30Cl2N6O4S/c1-41-16-17-42(21-33(41)45)27-11-6-23(7-12-27)22-2-4-24(5-3-22)34(35-38-19-31(39-35)29-15-10-26(36)18-30(29)37)25-8-13-28(14-9-25)43-20-32(44)40-48(43,46)47/h2-15,18-20,34,40,44H,16-17,21H2,1H3,(H,38,39). The number of anilines is 2. The molecule has 3 heterocycles. The number of aromatic nitrogens is 2. The number of aromatic amines is 1. The third-order valence-electron chi connectivity index (χ3n) is 8.57. The zero-order chi connectivity index (χ0) is 33.6. The van der Waals surface area contributed by atoms with Crippen LogP contribution in [0.2, 0.25) is 10.0 Å². The smallest absolute Gasteiger partial charge is 0.330 e. The molecular formula is C35H30Cl2N6O4S. The van der Waals surface area contributed by atoms with Crippen molar-refractivity contribution in [1.29, 1.82) is 0 Å². The molecule has 1 aromatic heterocycles. The quantitative estimate of drug-likeness (QED) is 0.178. The molecule has 0 radical (unpaired) electrons. The van der Waals surface area contributed by atoms with Crippen molar-refractivity contribution in [1.82, 2.24) is 19.6 Å². The van der Waals surface area contributed by atoms with E-state index >= 15 is 0 Å². The molecule has 5 aromatic rings. The molecule has 0 bridgehead atoms. The van der Waals surface area contributed by atoms with E-state index < -0.39 is 16.1 Å². The number of imidazole rings is 1. The number of hydrogen-bond acceptors (Lipinski definition) is 6. The number of aliphatic hydroxyl groups is 1. The van der Waals surface area contributed by atoms with Gasteiger partial charge >= 0.3 is 10.2 Å². The molecule has 1 fully saturated rings. The third-order valence-corrected chi connectivity index (χ3v) is 10.4. The Hall–Kier alpha value is -4.97. The minimum absolute atomic E-state index is 0.110. The van der Waals surface area contributed by atoms with Gasteiger partial charge in [-0.05, 0) is 64.7 Å². The van der Waals surface area contributed by atoms with E-state index in [1.54, 1.807) is 35.4 Å². The number of benzene rings is 4. The van der Waals surface area contributed by atoms with Gasteiger partial charge in [-0.3, -0.25) is 4.79 Å². The Bertz CT molecular complexity index is 2140. The van der Waals surface area contributed by atoms with Crippen molar-refractivity contribution in [3.05, 3.63) is 136 Å². The Morgan fingerprint density at radius 2 is 1.48 bits per heavy atom. The lowest BCUT2D eigenvalue weighted by atomic mass is 9.89. The highest BCUT2D eigenvalue weighted by atomic mass is 35.5. The predicted octanol–water partition coefficient (Wildman–Crippen LogP) is 6.52. The van der Waals surface area contributed by atoms with E-state index in [4.69, 9.17) is 28.2 Å². The highest BCUT2D eigenvalue weighted by Gasteiger charge is 2.29. The highest BCUT2D eigenvalue weighted by molar-refractivity contribution is 7.91. The second kappa shape index (κ2) is 12.6. The minimum Gasteiger partial charge on any atom is -0.493 e. The van der Waals surface area contributed by atoms with Gasteiger partial charge in [-0.1, -0.05) is 71.7 Å². The lowest BCUT2D eigenvalue weighted by molar-refractivity contribution is -0.129. The number of halogens is 2. The largest absolute Gasteiger partial charge is 0.493 e. The maximum absolute atomic E-state index is 12.4. The van der Waals surface area contributed by atoms with Crippen LogP contribution in [0.3, 0.4) is 0 Å². The molecule has 1 atom stereocenters. The number of piperazine rings is 1. The van der Waals surface area contributed by atoms with Crippen LogP contribution in [0.4, 0.5) is 11.4 Å². The molecule has 3 N–H and O–H groups in total. The number of hydrogen-bond donors (Lipinski definition) is 3. The molecule has 0 spiro atoms. The SMILES string of the molecule is CN1CCN(c2ccc(-c3ccc(C(c4ccc(N5C=C(O)NS5(=O)=O)cc4)c4ncc(-c5ccc(Cl)cc5Cl)[nH]4)cc3)cc2)CC1=O. The number of aliphatic hydroxyl groups excluding tert-OH is 1. The van der Waals surface area contributed by atoms with Crippen molar-refractivity contribution in [2.45, 2.75) is 5.92 Å². The van der Waals surface area contributed by atoms with Gasteiger partial charge in [-0.15, -0.1) is 0 Å². The van der Waals surface area contributed by atoms with Crippen LogP contribution in [0.25, 0.3) is 22.4 Å². The van der Waals surface area contributed by atoms with Crippen LogP contribution in [0, 0.1) is 0 Å². The van der Waals surface area contributed by atoms with Gasteiger partial charge in [0.1, 0.15) is 5.82 Å². The molecule has 0 aliphatic carbocycles. The predicted molar refractivity (Wildman–Crippen MR) is 188 cm³/mol. The number of nitrogens with zero attached hydrogens (tertiary/aromatic N) is 4. The van der Waals surface area contributed by atoms with Crippen LogP contribution in [0.1, 0.15) is 22.9 Å². The molecular weight excluding hydrogens is 671 g/mol. The van der Waals surface area contributed by atoms with E-state index in [9.17, 15) is 18.3 Å². The zero-order valence-corrected chi connectivity index (χ0v) is 28.0. The number of H-pyrrole nitrogens is 1. The lowest BCUT2D eigenvalue weighted by Gasteiger charge is -2.33. The van der Waals surface area contributed by atoms with Crippen molar-refractivity contribution in [2.24, 2.45) is 0 Å². The molecule has 4 aromatic carbocycles. The molecule has 2 aliphatic heterocycles. The van der Waals surface area contributed by atoms with Crippen LogP contribution < -0.4 is 13.9 Å². The molecule has 1 unspecified atom stereocenters. The number of amides is 1. The van der Waals surface area contributed by atoms with Crippen LogP contribution in [0.5, 0.6) is 0 Å². The van der Waals surface area contributed by atoms with Crippen LogP contribution >= 0.6 is 23.2 Å². The fourth-order valence-electron chi connectivity index (χ4n) is 5.96. The van der Waals surface area contributed by atoms with Gasteiger partial charge in [0.25, 0.3) is 0 Å². The van der Waals surface area contributed by atoms with E-state index in [1.165, 1.54) is 0 Å². The lowest BCUT2D eigenvalue weighted by Crippen LogP contribution is -2.48. The number of carbonyl (C=O) groups is 1. The van der Waals surface area contributed by atoms with Gasteiger partial charge in [0.05, 0.1) is 41.3 Å². The van der Waals surface area contributed by atoms with Crippen molar-refractivity contribution in [3.63, 3.8) is 0 Å². The molecule has 1 amide bonds. The van der Waals surface area contributed by atoms with Crippen LogP contribution in [0.15, 0.2) is 109 Å². The van der Waals surface area contributed by atoms with Crippen molar-refractivity contribution in [3.8, 4) is 22.4 Å². The second-order valence-electron chi connectivity index (χ2n) is 11.7. The summed E-state index contributed by atoms with van der Waals surface area (Å²) in [5.41, 5.74) is 6.74. The molecule has 7 rings (SSSR count). The number of carbonyl (C=O) groups excluding carboxylic acids is 1. The van der Waals surface area contributed by atoms with Gasteiger partial charge in [-0.25, -0.2) is 14.0 Å². The first kappa shape index (κ1) is 31.6. The summed E-state index contributed by atoms with van der Waals surface area (Å²) < 4.78 is 27.9. The van der Waals surface area contributed by atoms with Crippen molar-refractivity contribution >= 4 is 50.7 Å². The van der Waals surface area contributed by atoms with Crippen molar-refractivity contribution < 1.29 is 18.3 Å². The maximum atomic E-state index is 12.4. The Labute approximate surface area is 288 Å². The first-order valence-corrected chi connectivity index (χ1v) is 17.3. The van der Waals surface area contributed by atoms with E-state index in [2.05, 4.69) is 38.9 Å². The Balaban J connectivity index is 1.20. The van der Waals surface area contributed by atoms with E-state index in [0.29, 0.717) is 34.6 Å². The summed E-state index contributed by atoms with van der Waals surface area (Å²) >= 11 is 12.6. The van der Waals surface area contributed by atoms with Gasteiger partial charge in [0.15, 0.2) is 0 Å². The number of nitrogens with one attached hydrogen (secondary N) is 2. The topological polar surface area (TPSA) is 122 Å². The molecule has 1 saturated heterocycles. The normalized spacial score (nSPS) is 16.5.